The van der Waals surface area contributed by atoms with E-state index in [1.54, 1.807) is 4.90 Å². The molecule has 0 spiro atoms. The standard InChI is InChI=1S/C18H24N6O2/c1-11(2)16-21-22-17-12(3)23(6-7-24(16)17)18(25)14-8-20-15(9-19-14)26-10-13-4-5-13/h8-9,11-13H,4-7,10H2,1-3H3. The van der Waals surface area contributed by atoms with Gasteiger partial charge in [-0.1, -0.05) is 13.8 Å². The van der Waals surface area contributed by atoms with E-state index in [0.717, 1.165) is 11.6 Å². The zero-order valence-corrected chi connectivity index (χ0v) is 15.4. The fourth-order valence-corrected chi connectivity index (χ4v) is 3.25. The van der Waals surface area contributed by atoms with E-state index in [2.05, 4.69) is 38.6 Å². The van der Waals surface area contributed by atoms with Gasteiger partial charge in [0.05, 0.1) is 25.0 Å². The SMILES string of the molecule is CC(C)c1nnc2n1CCN(C(=O)c1cnc(OCC3CC3)cn1)C2C. The number of ether oxygens (including phenoxy) is 1. The number of rotatable bonds is 5. The van der Waals surface area contributed by atoms with Gasteiger partial charge in [0.1, 0.15) is 11.5 Å². The van der Waals surface area contributed by atoms with Gasteiger partial charge in [-0.2, -0.15) is 0 Å². The summed E-state index contributed by atoms with van der Waals surface area (Å²) in [5.41, 5.74) is 0.327. The average molecular weight is 356 g/mol. The lowest BCUT2D eigenvalue weighted by atomic mass is 10.1. The molecule has 0 bridgehead atoms. The first-order valence-electron chi connectivity index (χ1n) is 9.23. The van der Waals surface area contributed by atoms with E-state index >= 15 is 0 Å². The van der Waals surface area contributed by atoms with Gasteiger partial charge in [0, 0.05) is 19.0 Å². The van der Waals surface area contributed by atoms with Gasteiger partial charge in [-0.05, 0) is 25.7 Å². The van der Waals surface area contributed by atoms with Gasteiger partial charge in [-0.25, -0.2) is 9.97 Å². The Bertz CT molecular complexity index is 797. The molecule has 0 saturated heterocycles. The normalized spacial score (nSPS) is 19.5. The highest BCUT2D eigenvalue weighted by Gasteiger charge is 2.32. The van der Waals surface area contributed by atoms with E-state index in [0.29, 0.717) is 43.1 Å². The van der Waals surface area contributed by atoms with Crippen LogP contribution >= 0.6 is 0 Å². The highest BCUT2D eigenvalue weighted by molar-refractivity contribution is 5.92. The van der Waals surface area contributed by atoms with Gasteiger partial charge in [0.25, 0.3) is 5.91 Å². The van der Waals surface area contributed by atoms with Crippen molar-refractivity contribution < 1.29 is 9.53 Å². The van der Waals surface area contributed by atoms with Crippen LogP contribution in [-0.4, -0.2) is 48.7 Å². The highest BCUT2D eigenvalue weighted by Crippen LogP contribution is 2.29. The van der Waals surface area contributed by atoms with Crippen LogP contribution in [0.1, 0.15) is 67.7 Å². The third kappa shape index (κ3) is 3.15. The van der Waals surface area contributed by atoms with E-state index in [1.807, 2.05) is 6.92 Å². The van der Waals surface area contributed by atoms with Crippen molar-refractivity contribution in [3.8, 4) is 5.88 Å². The van der Waals surface area contributed by atoms with Crippen molar-refractivity contribution in [1.82, 2.24) is 29.6 Å². The number of carbonyl (C=O) groups is 1. The molecule has 0 N–H and O–H groups in total. The minimum Gasteiger partial charge on any atom is -0.476 e. The third-order valence-electron chi connectivity index (χ3n) is 5.00. The summed E-state index contributed by atoms with van der Waals surface area (Å²) in [5, 5.41) is 8.61. The minimum absolute atomic E-state index is 0.140. The Hall–Kier alpha value is -2.51. The second kappa shape index (κ2) is 6.66. The fraction of sp³-hybridized carbons (Fsp3) is 0.611. The molecule has 2 aliphatic rings. The van der Waals surface area contributed by atoms with Crippen LogP contribution in [0.4, 0.5) is 0 Å². The maximum absolute atomic E-state index is 12.9. The number of nitrogens with zero attached hydrogens (tertiary/aromatic N) is 6. The van der Waals surface area contributed by atoms with Gasteiger partial charge in [-0.15, -0.1) is 10.2 Å². The monoisotopic (exact) mass is 356 g/mol. The first-order chi connectivity index (χ1) is 12.5. The molecule has 2 aromatic rings. The molecule has 1 fully saturated rings. The Morgan fingerprint density at radius 2 is 2.04 bits per heavy atom. The van der Waals surface area contributed by atoms with Gasteiger partial charge >= 0.3 is 0 Å². The Labute approximate surface area is 152 Å². The van der Waals surface area contributed by atoms with Crippen LogP contribution in [0.15, 0.2) is 12.4 Å². The van der Waals surface area contributed by atoms with Crippen molar-refractivity contribution in [3.63, 3.8) is 0 Å². The molecule has 1 amide bonds. The van der Waals surface area contributed by atoms with E-state index in [4.69, 9.17) is 4.74 Å². The van der Waals surface area contributed by atoms with Crippen molar-refractivity contribution in [2.24, 2.45) is 5.92 Å². The van der Waals surface area contributed by atoms with Crippen LogP contribution in [0.3, 0.4) is 0 Å². The van der Waals surface area contributed by atoms with Crippen LogP contribution < -0.4 is 4.74 Å². The number of aromatic nitrogens is 5. The quantitative estimate of drug-likeness (QED) is 0.816. The number of amides is 1. The smallest absolute Gasteiger partial charge is 0.274 e. The van der Waals surface area contributed by atoms with E-state index in [-0.39, 0.29) is 11.9 Å². The Balaban J connectivity index is 1.47. The second-order valence-electron chi connectivity index (χ2n) is 7.39. The summed E-state index contributed by atoms with van der Waals surface area (Å²) in [6.07, 6.45) is 5.47. The molecular formula is C18H24N6O2. The Kier molecular flexibility index (Phi) is 4.34. The van der Waals surface area contributed by atoms with Crippen molar-refractivity contribution in [3.05, 3.63) is 29.7 Å². The molecule has 138 valence electrons. The van der Waals surface area contributed by atoms with Crippen molar-refractivity contribution in [1.29, 1.82) is 0 Å². The summed E-state index contributed by atoms with van der Waals surface area (Å²) in [5.74, 6) is 3.09. The van der Waals surface area contributed by atoms with Crippen LogP contribution in [0.25, 0.3) is 0 Å². The van der Waals surface area contributed by atoms with Gasteiger partial charge in [0.2, 0.25) is 5.88 Å². The first kappa shape index (κ1) is 16.9. The maximum Gasteiger partial charge on any atom is 0.274 e. The third-order valence-corrected chi connectivity index (χ3v) is 5.00. The number of fused-ring (bicyclic) bond motifs is 1. The van der Waals surface area contributed by atoms with Crippen LogP contribution in [-0.2, 0) is 6.54 Å². The minimum atomic E-state index is -0.149. The van der Waals surface area contributed by atoms with Crippen molar-refractivity contribution >= 4 is 5.91 Å². The van der Waals surface area contributed by atoms with E-state index < -0.39 is 0 Å². The average Bonchev–Trinajstić information content (AvgIpc) is 3.36. The van der Waals surface area contributed by atoms with E-state index in [1.165, 1.54) is 25.2 Å². The summed E-state index contributed by atoms with van der Waals surface area (Å²) in [6, 6.07) is -0.149. The van der Waals surface area contributed by atoms with E-state index in [9.17, 15) is 4.79 Å². The predicted octanol–water partition coefficient (Wildman–Crippen LogP) is 2.20. The summed E-state index contributed by atoms with van der Waals surface area (Å²) in [7, 11) is 0. The largest absolute Gasteiger partial charge is 0.476 e. The molecule has 0 aromatic carbocycles. The second-order valence-corrected chi connectivity index (χ2v) is 7.39. The molecule has 1 unspecified atom stereocenters. The lowest BCUT2D eigenvalue weighted by molar-refractivity contribution is 0.0629. The Morgan fingerprint density at radius 1 is 1.23 bits per heavy atom. The molecule has 3 heterocycles. The van der Waals surface area contributed by atoms with Gasteiger partial charge in [0.15, 0.2) is 5.82 Å². The summed E-state index contributed by atoms with van der Waals surface area (Å²) < 4.78 is 7.71. The Morgan fingerprint density at radius 3 is 2.69 bits per heavy atom. The van der Waals surface area contributed by atoms with Crippen LogP contribution in [0, 0.1) is 5.92 Å². The number of hydrogen-bond donors (Lipinski definition) is 0. The molecule has 1 saturated carbocycles. The van der Waals surface area contributed by atoms with Gasteiger partial charge < -0.3 is 14.2 Å². The van der Waals surface area contributed by atoms with Crippen LogP contribution in [0.2, 0.25) is 0 Å². The topological polar surface area (TPSA) is 86.0 Å². The zero-order chi connectivity index (χ0) is 18.3. The predicted molar refractivity (Wildman–Crippen MR) is 93.8 cm³/mol. The zero-order valence-electron chi connectivity index (χ0n) is 15.4. The summed E-state index contributed by atoms with van der Waals surface area (Å²) in [6.45, 7) is 8.15. The van der Waals surface area contributed by atoms with Gasteiger partial charge in [-0.3, -0.25) is 4.79 Å². The van der Waals surface area contributed by atoms with Crippen molar-refractivity contribution in [2.75, 3.05) is 13.2 Å². The molecule has 0 radical (unpaired) electrons. The molecule has 8 heteroatoms. The highest BCUT2D eigenvalue weighted by atomic mass is 16.5. The first-order valence-corrected chi connectivity index (χ1v) is 9.23. The summed E-state index contributed by atoms with van der Waals surface area (Å²) >= 11 is 0. The molecule has 4 rings (SSSR count). The molecular weight excluding hydrogens is 332 g/mol. The molecule has 1 atom stereocenters. The molecule has 26 heavy (non-hydrogen) atoms. The molecule has 2 aromatic heterocycles. The number of carbonyl (C=O) groups excluding carboxylic acids is 1. The summed E-state index contributed by atoms with van der Waals surface area (Å²) in [4.78, 5) is 23.1. The van der Waals surface area contributed by atoms with Crippen LogP contribution in [0.5, 0.6) is 5.88 Å². The molecule has 1 aliphatic heterocycles. The fourth-order valence-electron chi connectivity index (χ4n) is 3.25. The molecule has 1 aliphatic carbocycles. The maximum atomic E-state index is 12.9. The number of hydrogen-bond acceptors (Lipinski definition) is 6. The molecule has 8 nitrogen and oxygen atoms in total. The lowest BCUT2D eigenvalue weighted by Gasteiger charge is -2.33. The van der Waals surface area contributed by atoms with Crippen molar-refractivity contribution in [2.45, 2.75) is 52.1 Å². The lowest BCUT2D eigenvalue weighted by Crippen LogP contribution is -2.42.